The summed E-state index contributed by atoms with van der Waals surface area (Å²) in [7, 11) is 0. The Kier molecular flexibility index (Phi) is 4.10. The predicted octanol–water partition coefficient (Wildman–Crippen LogP) is 2.69. The lowest BCUT2D eigenvalue weighted by Crippen LogP contribution is -2.25. The first-order valence-electron chi connectivity index (χ1n) is 6.69. The maximum Gasteiger partial charge on any atom is 0.306 e. The standard InChI is InChI=1S/C15H20O4/c1-15(18,10-14(16)17)11-6-8-13(9-7-11)19-12-4-2-3-5-12/h6-9,12,18H,2-5,10H2,1H3,(H,16,17). The van der Waals surface area contributed by atoms with Crippen molar-refractivity contribution in [3.05, 3.63) is 29.8 Å². The van der Waals surface area contributed by atoms with Crippen LogP contribution in [0.4, 0.5) is 0 Å². The molecule has 4 heteroatoms. The molecule has 0 radical (unpaired) electrons. The van der Waals surface area contributed by atoms with Gasteiger partial charge in [-0.1, -0.05) is 12.1 Å². The van der Waals surface area contributed by atoms with Crippen LogP contribution in [0.3, 0.4) is 0 Å². The lowest BCUT2D eigenvalue weighted by molar-refractivity contribution is -0.142. The summed E-state index contributed by atoms with van der Waals surface area (Å²) in [6.07, 6.45) is 4.62. The SMILES string of the molecule is CC(O)(CC(=O)O)c1ccc(OC2CCCC2)cc1. The van der Waals surface area contributed by atoms with Gasteiger partial charge in [-0.3, -0.25) is 4.79 Å². The summed E-state index contributed by atoms with van der Waals surface area (Å²) in [6, 6.07) is 7.05. The smallest absolute Gasteiger partial charge is 0.306 e. The number of ether oxygens (including phenoxy) is 1. The third-order valence-corrected chi connectivity index (χ3v) is 3.58. The number of hydrogen-bond donors (Lipinski definition) is 2. The van der Waals surface area contributed by atoms with Crippen LogP contribution in [0, 0.1) is 0 Å². The average molecular weight is 264 g/mol. The Bertz CT molecular complexity index is 430. The number of carboxylic acids is 1. The van der Waals surface area contributed by atoms with Crippen LogP contribution in [0.15, 0.2) is 24.3 Å². The van der Waals surface area contributed by atoms with Crippen molar-refractivity contribution in [2.24, 2.45) is 0 Å². The molecule has 0 amide bonds. The molecule has 0 bridgehead atoms. The molecule has 1 fully saturated rings. The first-order chi connectivity index (χ1) is 8.97. The van der Waals surface area contributed by atoms with Crippen LogP contribution in [0.5, 0.6) is 5.75 Å². The minimum absolute atomic E-state index is 0.297. The molecule has 104 valence electrons. The molecule has 19 heavy (non-hydrogen) atoms. The second-order valence-corrected chi connectivity index (χ2v) is 5.39. The van der Waals surface area contributed by atoms with Crippen LogP contribution in [0.1, 0.15) is 44.6 Å². The molecule has 1 unspecified atom stereocenters. The van der Waals surface area contributed by atoms with E-state index >= 15 is 0 Å². The monoisotopic (exact) mass is 264 g/mol. The molecule has 0 spiro atoms. The van der Waals surface area contributed by atoms with Crippen molar-refractivity contribution in [2.75, 3.05) is 0 Å². The van der Waals surface area contributed by atoms with Crippen LogP contribution in [0.2, 0.25) is 0 Å². The van der Waals surface area contributed by atoms with Gasteiger partial charge >= 0.3 is 5.97 Å². The van der Waals surface area contributed by atoms with E-state index in [-0.39, 0.29) is 6.42 Å². The van der Waals surface area contributed by atoms with Gasteiger partial charge in [0.1, 0.15) is 5.75 Å². The lowest BCUT2D eigenvalue weighted by Gasteiger charge is -2.22. The maximum absolute atomic E-state index is 10.7. The van der Waals surface area contributed by atoms with Crippen molar-refractivity contribution < 1.29 is 19.7 Å². The molecular weight excluding hydrogens is 244 g/mol. The third-order valence-electron chi connectivity index (χ3n) is 3.58. The minimum Gasteiger partial charge on any atom is -0.490 e. The number of aliphatic hydroxyl groups is 1. The molecule has 0 aromatic heterocycles. The average Bonchev–Trinajstić information content (AvgIpc) is 2.81. The van der Waals surface area contributed by atoms with Crippen LogP contribution in [-0.2, 0) is 10.4 Å². The van der Waals surface area contributed by atoms with E-state index in [0.717, 1.165) is 18.6 Å². The molecule has 2 N–H and O–H groups in total. The number of aliphatic carboxylic acids is 1. The first kappa shape index (κ1) is 13.9. The van der Waals surface area contributed by atoms with Crippen molar-refractivity contribution in [2.45, 2.75) is 50.7 Å². The molecule has 1 aromatic rings. The molecule has 0 saturated heterocycles. The Labute approximate surface area is 113 Å². The van der Waals surface area contributed by atoms with Gasteiger partial charge in [-0.25, -0.2) is 0 Å². The Morgan fingerprint density at radius 2 is 1.89 bits per heavy atom. The summed E-state index contributed by atoms with van der Waals surface area (Å²) in [5.74, 6) is -0.238. The summed E-state index contributed by atoms with van der Waals surface area (Å²) in [4.78, 5) is 10.7. The van der Waals surface area contributed by atoms with E-state index in [0.29, 0.717) is 11.7 Å². The molecule has 1 aliphatic carbocycles. The Morgan fingerprint density at radius 1 is 1.32 bits per heavy atom. The van der Waals surface area contributed by atoms with Gasteiger partial charge < -0.3 is 14.9 Å². The van der Waals surface area contributed by atoms with E-state index < -0.39 is 11.6 Å². The second-order valence-electron chi connectivity index (χ2n) is 5.39. The quantitative estimate of drug-likeness (QED) is 0.858. The molecule has 1 atom stereocenters. The van der Waals surface area contributed by atoms with Gasteiger partial charge in [0, 0.05) is 0 Å². The van der Waals surface area contributed by atoms with Gasteiger partial charge in [0.05, 0.1) is 18.1 Å². The van der Waals surface area contributed by atoms with Crippen molar-refractivity contribution in [1.82, 2.24) is 0 Å². The third kappa shape index (κ3) is 3.70. The fourth-order valence-electron chi connectivity index (χ4n) is 2.49. The summed E-state index contributed by atoms with van der Waals surface area (Å²) < 4.78 is 5.83. The highest BCUT2D eigenvalue weighted by Gasteiger charge is 2.26. The summed E-state index contributed by atoms with van der Waals surface area (Å²) in [5.41, 5.74) is -0.758. The second kappa shape index (κ2) is 5.61. The molecule has 0 aliphatic heterocycles. The topological polar surface area (TPSA) is 66.8 Å². The highest BCUT2D eigenvalue weighted by molar-refractivity contribution is 5.68. The lowest BCUT2D eigenvalue weighted by atomic mass is 9.92. The fourth-order valence-corrected chi connectivity index (χ4v) is 2.49. The minimum atomic E-state index is -1.35. The Balaban J connectivity index is 2.02. The number of rotatable bonds is 5. The first-order valence-corrected chi connectivity index (χ1v) is 6.69. The van der Waals surface area contributed by atoms with Crippen LogP contribution in [-0.4, -0.2) is 22.3 Å². The zero-order chi connectivity index (χ0) is 13.9. The molecule has 1 saturated carbocycles. The number of benzene rings is 1. The Morgan fingerprint density at radius 3 is 2.42 bits per heavy atom. The van der Waals surface area contributed by atoms with Gasteiger partial charge in [-0.05, 0) is 50.3 Å². The van der Waals surface area contributed by atoms with E-state index in [4.69, 9.17) is 9.84 Å². The van der Waals surface area contributed by atoms with Gasteiger partial charge in [0.15, 0.2) is 0 Å². The van der Waals surface area contributed by atoms with Crippen LogP contribution >= 0.6 is 0 Å². The number of hydrogen-bond acceptors (Lipinski definition) is 3. The molecule has 2 rings (SSSR count). The van der Waals surface area contributed by atoms with Gasteiger partial charge in [0.2, 0.25) is 0 Å². The van der Waals surface area contributed by atoms with E-state index in [1.165, 1.54) is 19.8 Å². The highest BCUT2D eigenvalue weighted by atomic mass is 16.5. The zero-order valence-corrected chi connectivity index (χ0v) is 11.1. The Hall–Kier alpha value is -1.55. The van der Waals surface area contributed by atoms with Crippen molar-refractivity contribution in [3.8, 4) is 5.75 Å². The summed E-state index contributed by atoms with van der Waals surface area (Å²) in [6.45, 7) is 1.51. The molecule has 0 heterocycles. The fraction of sp³-hybridized carbons (Fsp3) is 0.533. The number of carboxylic acid groups (broad SMARTS) is 1. The molecular formula is C15H20O4. The van der Waals surface area contributed by atoms with Crippen LogP contribution < -0.4 is 4.74 Å². The largest absolute Gasteiger partial charge is 0.490 e. The van der Waals surface area contributed by atoms with E-state index in [9.17, 15) is 9.90 Å². The van der Waals surface area contributed by atoms with Gasteiger partial charge in [0.25, 0.3) is 0 Å². The molecule has 4 nitrogen and oxygen atoms in total. The van der Waals surface area contributed by atoms with Gasteiger partial charge in [-0.15, -0.1) is 0 Å². The normalized spacial score (nSPS) is 19.1. The van der Waals surface area contributed by atoms with E-state index in [2.05, 4.69) is 0 Å². The highest BCUT2D eigenvalue weighted by Crippen LogP contribution is 2.28. The maximum atomic E-state index is 10.7. The number of carbonyl (C=O) groups is 1. The van der Waals surface area contributed by atoms with E-state index in [1.807, 2.05) is 0 Å². The summed E-state index contributed by atoms with van der Waals surface area (Å²) >= 11 is 0. The van der Waals surface area contributed by atoms with Crippen LogP contribution in [0.25, 0.3) is 0 Å². The molecule has 1 aliphatic rings. The zero-order valence-electron chi connectivity index (χ0n) is 11.1. The predicted molar refractivity (Wildman–Crippen MR) is 71.1 cm³/mol. The van der Waals surface area contributed by atoms with E-state index in [1.54, 1.807) is 24.3 Å². The molecule has 1 aromatic carbocycles. The summed E-state index contributed by atoms with van der Waals surface area (Å²) in [5, 5.41) is 18.9. The van der Waals surface area contributed by atoms with Crippen molar-refractivity contribution >= 4 is 5.97 Å². The van der Waals surface area contributed by atoms with Crippen molar-refractivity contribution in [1.29, 1.82) is 0 Å². The van der Waals surface area contributed by atoms with Gasteiger partial charge in [-0.2, -0.15) is 0 Å². The van der Waals surface area contributed by atoms with Crippen molar-refractivity contribution in [3.63, 3.8) is 0 Å².